The summed E-state index contributed by atoms with van der Waals surface area (Å²) in [6.45, 7) is 4.00. The molecular formula is C13H16BrN4O2S-. The Bertz CT molecular complexity index is 578. The number of nitrogens with zero attached hydrogens (tertiary/aromatic N) is 4. The molecule has 0 bridgehead atoms. The van der Waals surface area contributed by atoms with E-state index in [0.717, 1.165) is 29.5 Å². The van der Waals surface area contributed by atoms with Gasteiger partial charge >= 0.3 is 0 Å². The van der Waals surface area contributed by atoms with Crippen molar-refractivity contribution in [3.05, 3.63) is 21.1 Å². The predicted molar refractivity (Wildman–Crippen MR) is 86.9 cm³/mol. The van der Waals surface area contributed by atoms with Crippen molar-refractivity contribution < 1.29 is 4.74 Å². The Morgan fingerprint density at radius 2 is 2.33 bits per heavy atom. The average Bonchev–Trinajstić information content (AvgIpc) is 2.97. The number of thioether (sulfide) groups is 1. The molecule has 1 saturated heterocycles. The lowest BCUT2D eigenvalue weighted by Gasteiger charge is -2.45. The largest absolute Gasteiger partial charge is 0.738 e. The summed E-state index contributed by atoms with van der Waals surface area (Å²) in [5.74, 6) is 1.03. The maximum absolute atomic E-state index is 12.4. The Morgan fingerprint density at radius 1 is 1.52 bits per heavy atom. The van der Waals surface area contributed by atoms with Crippen molar-refractivity contribution in [2.45, 2.75) is 18.5 Å². The SMILES string of the molecule is CSc1nc(C)c2c(n1)N(CC1CCOC1)N([O-])C(Br)=C2. The molecule has 1 atom stereocenters. The number of rotatable bonds is 3. The van der Waals surface area contributed by atoms with Crippen molar-refractivity contribution >= 4 is 39.6 Å². The number of anilines is 1. The van der Waals surface area contributed by atoms with Gasteiger partial charge < -0.3 is 15.1 Å². The topological polar surface area (TPSA) is 64.5 Å². The fourth-order valence-corrected chi connectivity index (χ4v) is 3.33. The van der Waals surface area contributed by atoms with Crippen molar-refractivity contribution in [2.75, 3.05) is 31.0 Å². The summed E-state index contributed by atoms with van der Waals surface area (Å²) >= 11 is 4.80. The van der Waals surface area contributed by atoms with Crippen molar-refractivity contribution in [1.82, 2.24) is 15.1 Å². The lowest BCUT2D eigenvalue weighted by atomic mass is 10.1. The van der Waals surface area contributed by atoms with Crippen LogP contribution in [0, 0.1) is 18.0 Å². The summed E-state index contributed by atoms with van der Waals surface area (Å²) < 4.78 is 5.88. The summed E-state index contributed by atoms with van der Waals surface area (Å²) in [6.07, 6.45) is 4.68. The fraction of sp³-hybridized carbons (Fsp3) is 0.538. The monoisotopic (exact) mass is 371 g/mol. The zero-order valence-electron chi connectivity index (χ0n) is 11.9. The standard InChI is InChI=1S/C13H16BrN4O2S/c1-8-10-5-11(14)18(19)17(6-9-3-4-20-7-9)12(10)16-13(15-8)21-2/h5,9H,3-4,6-7H2,1-2H3/q-1. The van der Waals surface area contributed by atoms with E-state index in [1.165, 1.54) is 11.8 Å². The van der Waals surface area contributed by atoms with Crippen molar-refractivity contribution in [3.8, 4) is 0 Å². The number of halogens is 1. The maximum Gasteiger partial charge on any atom is 0.189 e. The molecule has 0 aliphatic carbocycles. The van der Waals surface area contributed by atoms with Gasteiger partial charge in [0.15, 0.2) is 11.0 Å². The summed E-state index contributed by atoms with van der Waals surface area (Å²) in [5, 5.41) is 15.6. The highest BCUT2D eigenvalue weighted by Gasteiger charge is 2.27. The minimum atomic E-state index is 0.348. The fourth-order valence-electron chi connectivity index (χ4n) is 2.51. The highest BCUT2D eigenvalue weighted by atomic mass is 79.9. The first-order valence-corrected chi connectivity index (χ1v) is 8.74. The quantitative estimate of drug-likeness (QED) is 0.459. The number of aromatic nitrogens is 2. The van der Waals surface area contributed by atoms with Gasteiger partial charge in [0.1, 0.15) is 0 Å². The van der Waals surface area contributed by atoms with Gasteiger partial charge in [0.25, 0.3) is 0 Å². The highest BCUT2D eigenvalue weighted by molar-refractivity contribution is 9.11. The van der Waals surface area contributed by atoms with Gasteiger partial charge in [-0.1, -0.05) is 11.8 Å². The minimum absolute atomic E-state index is 0.348. The molecule has 2 aliphatic heterocycles. The molecule has 114 valence electrons. The van der Waals surface area contributed by atoms with Crippen LogP contribution in [0.4, 0.5) is 5.82 Å². The highest BCUT2D eigenvalue weighted by Crippen LogP contribution is 2.35. The third kappa shape index (κ3) is 2.90. The van der Waals surface area contributed by atoms with E-state index in [4.69, 9.17) is 4.74 Å². The van der Waals surface area contributed by atoms with E-state index in [9.17, 15) is 5.21 Å². The molecule has 0 aromatic carbocycles. The Balaban J connectivity index is 2.00. The molecule has 2 aliphatic rings. The first-order valence-electron chi connectivity index (χ1n) is 6.72. The van der Waals surface area contributed by atoms with Gasteiger partial charge in [-0.05, 0) is 41.6 Å². The molecule has 6 nitrogen and oxygen atoms in total. The van der Waals surface area contributed by atoms with Crippen LogP contribution in [0.25, 0.3) is 6.08 Å². The Labute approximate surface area is 136 Å². The van der Waals surface area contributed by atoms with E-state index in [1.807, 2.05) is 13.2 Å². The van der Waals surface area contributed by atoms with Crippen LogP contribution in [0.2, 0.25) is 0 Å². The first-order chi connectivity index (χ1) is 10.1. The van der Waals surface area contributed by atoms with Crippen LogP contribution in [0.1, 0.15) is 17.7 Å². The molecule has 0 saturated carbocycles. The Hall–Kier alpha value is -0.830. The van der Waals surface area contributed by atoms with Gasteiger partial charge in [0.05, 0.1) is 16.9 Å². The normalized spacial score (nSPS) is 21.5. The minimum Gasteiger partial charge on any atom is -0.738 e. The van der Waals surface area contributed by atoms with Crippen molar-refractivity contribution in [3.63, 3.8) is 0 Å². The van der Waals surface area contributed by atoms with E-state index >= 15 is 0 Å². The molecule has 1 unspecified atom stereocenters. The van der Waals surface area contributed by atoms with Gasteiger partial charge in [-0.15, -0.1) is 0 Å². The van der Waals surface area contributed by atoms with Crippen molar-refractivity contribution in [1.29, 1.82) is 0 Å². The van der Waals surface area contributed by atoms with E-state index in [2.05, 4.69) is 25.9 Å². The molecule has 3 rings (SSSR count). The smallest absolute Gasteiger partial charge is 0.189 e. The summed E-state index contributed by atoms with van der Waals surface area (Å²) in [7, 11) is 0. The van der Waals surface area contributed by atoms with Crippen LogP contribution in [0.3, 0.4) is 0 Å². The summed E-state index contributed by atoms with van der Waals surface area (Å²) in [6, 6.07) is 0. The number of ether oxygens (including phenoxy) is 1. The molecule has 8 heteroatoms. The molecule has 21 heavy (non-hydrogen) atoms. The molecule has 1 aromatic rings. The van der Waals surface area contributed by atoms with Gasteiger partial charge in [-0.3, -0.25) is 5.01 Å². The Morgan fingerprint density at radius 3 is 3.00 bits per heavy atom. The molecule has 1 aromatic heterocycles. The third-order valence-electron chi connectivity index (χ3n) is 3.64. The molecule has 1 fully saturated rings. The number of hydrogen-bond donors (Lipinski definition) is 0. The van der Waals surface area contributed by atoms with Crippen LogP contribution >= 0.6 is 27.7 Å². The molecule has 0 N–H and O–H groups in total. The number of fused-ring (bicyclic) bond motifs is 1. The lowest BCUT2D eigenvalue weighted by molar-refractivity contribution is 0.184. The zero-order valence-corrected chi connectivity index (χ0v) is 14.3. The zero-order chi connectivity index (χ0) is 15.0. The lowest BCUT2D eigenvalue weighted by Crippen LogP contribution is -2.43. The number of hydroxylamine groups is 1. The average molecular weight is 372 g/mol. The molecule has 3 heterocycles. The van der Waals surface area contributed by atoms with Crippen LogP contribution in [0.15, 0.2) is 9.76 Å². The molecular weight excluding hydrogens is 356 g/mol. The van der Waals surface area contributed by atoms with E-state index < -0.39 is 0 Å². The van der Waals surface area contributed by atoms with E-state index in [-0.39, 0.29) is 0 Å². The Kier molecular flexibility index (Phi) is 4.39. The summed E-state index contributed by atoms with van der Waals surface area (Å²) in [5.41, 5.74) is 1.77. The van der Waals surface area contributed by atoms with Crippen LogP contribution < -0.4 is 5.01 Å². The van der Waals surface area contributed by atoms with Gasteiger partial charge in [-0.25, -0.2) is 9.97 Å². The molecule has 0 radical (unpaired) electrons. The summed E-state index contributed by atoms with van der Waals surface area (Å²) in [4.78, 5) is 8.98. The molecule has 0 spiro atoms. The maximum atomic E-state index is 12.4. The van der Waals surface area contributed by atoms with E-state index in [0.29, 0.717) is 34.7 Å². The second-order valence-electron chi connectivity index (χ2n) is 5.08. The number of aryl methyl sites for hydroxylation is 1. The number of hydrazine groups is 1. The van der Waals surface area contributed by atoms with Crippen LogP contribution in [0.5, 0.6) is 0 Å². The van der Waals surface area contributed by atoms with Crippen molar-refractivity contribution in [2.24, 2.45) is 5.92 Å². The molecule has 0 amide bonds. The first kappa shape index (κ1) is 15.1. The third-order valence-corrected chi connectivity index (χ3v) is 4.72. The van der Waals surface area contributed by atoms with Gasteiger partial charge in [-0.2, -0.15) is 0 Å². The van der Waals surface area contributed by atoms with E-state index in [1.54, 1.807) is 11.1 Å². The predicted octanol–water partition coefficient (Wildman–Crippen LogP) is 2.77. The second-order valence-corrected chi connectivity index (χ2v) is 6.67. The number of hydrogen-bond acceptors (Lipinski definition) is 7. The second kappa shape index (κ2) is 6.12. The van der Waals surface area contributed by atoms with Crippen LogP contribution in [-0.4, -0.2) is 41.2 Å². The van der Waals surface area contributed by atoms with Gasteiger partial charge in [0, 0.05) is 24.6 Å². The van der Waals surface area contributed by atoms with Crippen LogP contribution in [-0.2, 0) is 4.74 Å². The van der Waals surface area contributed by atoms with Gasteiger partial charge in [0.2, 0.25) is 0 Å².